The van der Waals surface area contributed by atoms with Gasteiger partial charge < -0.3 is 19.3 Å². The van der Waals surface area contributed by atoms with Crippen molar-refractivity contribution < 1.29 is 19.3 Å². The van der Waals surface area contributed by atoms with Gasteiger partial charge in [0.15, 0.2) is 6.29 Å². The average Bonchev–Trinajstić information content (AvgIpc) is 2.47. The Morgan fingerprint density at radius 3 is 2.63 bits per heavy atom. The molecule has 1 aromatic rings. The first-order valence-electron chi connectivity index (χ1n) is 6.74. The Hall–Kier alpha value is -1.10. The lowest BCUT2D eigenvalue weighted by Crippen LogP contribution is -2.42. The van der Waals surface area contributed by atoms with Crippen molar-refractivity contribution in [2.45, 2.75) is 38.8 Å². The number of methoxy groups -OCH3 is 1. The van der Waals surface area contributed by atoms with Gasteiger partial charge in [-0.25, -0.2) is 0 Å². The molecular formula is C15H22O4. The first kappa shape index (κ1) is 14.3. The second-order valence-electron chi connectivity index (χ2n) is 4.99. The summed E-state index contributed by atoms with van der Waals surface area (Å²) in [6, 6.07) is 7.61. The molecule has 0 amide bonds. The van der Waals surface area contributed by atoms with Gasteiger partial charge >= 0.3 is 0 Å². The molecule has 0 spiro atoms. The molecule has 4 heteroatoms. The molecule has 106 valence electrons. The van der Waals surface area contributed by atoms with Crippen LogP contribution in [-0.4, -0.2) is 31.0 Å². The molecule has 1 aliphatic rings. The maximum absolute atomic E-state index is 10.00. The number of aliphatic hydroxyl groups excluding tert-OH is 1. The van der Waals surface area contributed by atoms with Crippen LogP contribution in [-0.2, 0) is 9.47 Å². The van der Waals surface area contributed by atoms with Crippen LogP contribution in [0.2, 0.25) is 0 Å². The van der Waals surface area contributed by atoms with E-state index in [0.717, 1.165) is 11.3 Å². The fraction of sp³-hybridized carbons (Fsp3) is 0.600. The van der Waals surface area contributed by atoms with Gasteiger partial charge in [0, 0.05) is 11.5 Å². The van der Waals surface area contributed by atoms with Crippen LogP contribution >= 0.6 is 0 Å². The van der Waals surface area contributed by atoms with Gasteiger partial charge in [0.1, 0.15) is 5.75 Å². The molecule has 1 fully saturated rings. The van der Waals surface area contributed by atoms with Crippen LogP contribution in [0.4, 0.5) is 0 Å². The molecule has 0 unspecified atom stereocenters. The third-order valence-electron chi connectivity index (χ3n) is 3.54. The second kappa shape index (κ2) is 6.37. The van der Waals surface area contributed by atoms with E-state index in [-0.39, 0.29) is 12.0 Å². The molecular weight excluding hydrogens is 244 g/mol. The van der Waals surface area contributed by atoms with E-state index in [9.17, 15) is 5.11 Å². The number of rotatable bonds is 4. The molecule has 0 aliphatic carbocycles. The molecule has 19 heavy (non-hydrogen) atoms. The molecule has 4 nitrogen and oxygen atoms in total. The highest BCUT2D eigenvalue weighted by molar-refractivity contribution is 5.28. The van der Waals surface area contributed by atoms with E-state index in [0.29, 0.717) is 13.0 Å². The van der Waals surface area contributed by atoms with E-state index < -0.39 is 12.4 Å². The number of benzene rings is 1. The van der Waals surface area contributed by atoms with E-state index in [4.69, 9.17) is 14.2 Å². The Morgan fingerprint density at radius 2 is 2.05 bits per heavy atom. The number of ether oxygens (including phenoxy) is 3. The van der Waals surface area contributed by atoms with E-state index in [2.05, 4.69) is 0 Å². The van der Waals surface area contributed by atoms with Gasteiger partial charge in [-0.15, -0.1) is 0 Å². The molecule has 1 N–H and O–H groups in total. The van der Waals surface area contributed by atoms with Gasteiger partial charge in [0.05, 0.1) is 25.9 Å². The minimum atomic E-state index is -0.445. The molecule has 1 heterocycles. The number of hydrogen-bond acceptors (Lipinski definition) is 4. The van der Waals surface area contributed by atoms with Crippen molar-refractivity contribution in [2.24, 2.45) is 5.92 Å². The van der Waals surface area contributed by atoms with Crippen LogP contribution in [0.5, 0.6) is 5.75 Å². The number of hydrogen-bond donors (Lipinski definition) is 1. The van der Waals surface area contributed by atoms with Crippen molar-refractivity contribution >= 4 is 0 Å². The SMILES string of the molecule is CC[C@@H](O)[C@H]1O[C@@H](c2ccc(OC)cc2)OC[C@H]1C. The molecule has 0 saturated carbocycles. The van der Waals surface area contributed by atoms with Crippen molar-refractivity contribution in [3.8, 4) is 5.75 Å². The van der Waals surface area contributed by atoms with Gasteiger partial charge in [0.2, 0.25) is 0 Å². The van der Waals surface area contributed by atoms with E-state index >= 15 is 0 Å². The van der Waals surface area contributed by atoms with Crippen LogP contribution < -0.4 is 4.74 Å². The van der Waals surface area contributed by atoms with Gasteiger partial charge in [0.25, 0.3) is 0 Å². The number of aliphatic hydroxyl groups is 1. The lowest BCUT2D eigenvalue weighted by molar-refractivity contribution is -0.258. The maximum Gasteiger partial charge on any atom is 0.184 e. The van der Waals surface area contributed by atoms with Gasteiger partial charge in [-0.2, -0.15) is 0 Å². The summed E-state index contributed by atoms with van der Waals surface area (Å²) in [6.07, 6.45) is -0.344. The van der Waals surface area contributed by atoms with Crippen molar-refractivity contribution in [3.63, 3.8) is 0 Å². The highest BCUT2D eigenvalue weighted by atomic mass is 16.7. The lowest BCUT2D eigenvalue weighted by Gasteiger charge is -2.37. The molecule has 0 radical (unpaired) electrons. The Kier molecular flexibility index (Phi) is 4.80. The fourth-order valence-electron chi connectivity index (χ4n) is 2.29. The molecule has 0 aromatic heterocycles. The highest BCUT2D eigenvalue weighted by Crippen LogP contribution is 2.31. The summed E-state index contributed by atoms with van der Waals surface area (Å²) in [5.41, 5.74) is 0.945. The minimum absolute atomic E-state index is 0.175. The smallest absolute Gasteiger partial charge is 0.184 e. The Bertz CT molecular complexity index is 386. The van der Waals surface area contributed by atoms with Crippen molar-refractivity contribution in [1.82, 2.24) is 0 Å². The Balaban J connectivity index is 2.08. The third-order valence-corrected chi connectivity index (χ3v) is 3.54. The van der Waals surface area contributed by atoms with Crippen LogP contribution in [0.15, 0.2) is 24.3 Å². The van der Waals surface area contributed by atoms with Crippen LogP contribution in [0.1, 0.15) is 32.1 Å². The molecule has 2 rings (SSSR count). The molecule has 4 atom stereocenters. The lowest BCUT2D eigenvalue weighted by atomic mass is 9.97. The standard InChI is InChI=1S/C15H22O4/c1-4-13(16)14-10(2)9-18-15(19-14)11-5-7-12(17-3)8-6-11/h5-8,10,13-16H,4,9H2,1-3H3/t10-,13-,14+,15+/m1/s1. The van der Waals surface area contributed by atoms with E-state index in [1.54, 1.807) is 7.11 Å². The van der Waals surface area contributed by atoms with E-state index in [1.165, 1.54) is 0 Å². The Morgan fingerprint density at radius 1 is 1.37 bits per heavy atom. The summed E-state index contributed by atoms with van der Waals surface area (Å²) >= 11 is 0. The zero-order valence-electron chi connectivity index (χ0n) is 11.7. The zero-order valence-corrected chi connectivity index (χ0v) is 11.7. The van der Waals surface area contributed by atoms with Gasteiger partial charge in [-0.1, -0.05) is 26.0 Å². The summed E-state index contributed by atoms with van der Waals surface area (Å²) in [4.78, 5) is 0. The summed E-state index contributed by atoms with van der Waals surface area (Å²) in [7, 11) is 1.64. The second-order valence-corrected chi connectivity index (χ2v) is 4.99. The molecule has 1 aromatic carbocycles. The molecule has 0 bridgehead atoms. The monoisotopic (exact) mass is 266 g/mol. The van der Waals surface area contributed by atoms with Crippen molar-refractivity contribution in [1.29, 1.82) is 0 Å². The summed E-state index contributed by atoms with van der Waals surface area (Å²) in [5, 5.41) is 10.00. The predicted molar refractivity (Wildman–Crippen MR) is 72.0 cm³/mol. The zero-order chi connectivity index (χ0) is 13.8. The first-order chi connectivity index (χ1) is 9.15. The quantitative estimate of drug-likeness (QED) is 0.909. The van der Waals surface area contributed by atoms with Gasteiger partial charge in [-0.05, 0) is 18.6 Å². The van der Waals surface area contributed by atoms with E-state index in [1.807, 2.05) is 38.1 Å². The minimum Gasteiger partial charge on any atom is -0.497 e. The Labute approximate surface area is 114 Å². The maximum atomic E-state index is 10.00. The molecule has 1 saturated heterocycles. The summed E-state index contributed by atoms with van der Waals surface area (Å²) < 4.78 is 16.7. The normalized spacial score (nSPS) is 28.9. The fourth-order valence-corrected chi connectivity index (χ4v) is 2.29. The third kappa shape index (κ3) is 3.26. The predicted octanol–water partition coefficient (Wildman–Crippen LogP) is 2.52. The summed E-state index contributed by atoms with van der Waals surface area (Å²) in [6.45, 7) is 4.59. The average molecular weight is 266 g/mol. The molecule has 1 aliphatic heterocycles. The van der Waals surface area contributed by atoms with Gasteiger partial charge in [-0.3, -0.25) is 0 Å². The van der Waals surface area contributed by atoms with Crippen molar-refractivity contribution in [2.75, 3.05) is 13.7 Å². The van der Waals surface area contributed by atoms with Crippen molar-refractivity contribution in [3.05, 3.63) is 29.8 Å². The highest BCUT2D eigenvalue weighted by Gasteiger charge is 2.33. The summed E-state index contributed by atoms with van der Waals surface area (Å²) in [5.74, 6) is 1.00. The first-order valence-corrected chi connectivity index (χ1v) is 6.74. The largest absolute Gasteiger partial charge is 0.497 e. The topological polar surface area (TPSA) is 47.9 Å². The van der Waals surface area contributed by atoms with Crippen LogP contribution in [0, 0.1) is 5.92 Å². The van der Waals surface area contributed by atoms with Crippen LogP contribution in [0.3, 0.4) is 0 Å². The van der Waals surface area contributed by atoms with Crippen LogP contribution in [0.25, 0.3) is 0 Å².